The number of hydrogen-bond acceptors (Lipinski definition) is 2. The molecule has 0 N–H and O–H groups in total. The molecule has 138 valence electrons. The van der Waals surface area contributed by atoms with Crippen LogP contribution in [0.3, 0.4) is 0 Å². The Labute approximate surface area is 162 Å². The second-order valence-corrected chi connectivity index (χ2v) is 7.50. The third kappa shape index (κ3) is 4.23. The van der Waals surface area contributed by atoms with Crippen molar-refractivity contribution in [3.05, 3.63) is 90.5 Å². The molecule has 1 fully saturated rings. The zero-order chi connectivity index (χ0) is 18.5. The van der Waals surface area contributed by atoms with Crippen molar-refractivity contribution in [3.8, 4) is 16.9 Å². The van der Waals surface area contributed by atoms with Gasteiger partial charge in [0.15, 0.2) is 0 Å². The van der Waals surface area contributed by atoms with Gasteiger partial charge in [-0.2, -0.15) is 0 Å². The van der Waals surface area contributed by atoms with Crippen LogP contribution >= 0.6 is 0 Å². The molecular weight excluding hydrogens is 330 g/mol. The predicted molar refractivity (Wildman–Crippen MR) is 112 cm³/mol. The molecule has 1 aliphatic rings. The van der Waals surface area contributed by atoms with Gasteiger partial charge in [-0.05, 0) is 43.1 Å². The second-order valence-electron chi connectivity index (χ2n) is 7.50. The molecular formula is C25H27NO. The van der Waals surface area contributed by atoms with E-state index < -0.39 is 0 Å². The molecule has 1 heterocycles. The van der Waals surface area contributed by atoms with E-state index in [2.05, 4.69) is 96.9 Å². The fraction of sp³-hybridized carbons (Fsp3) is 0.280. The average molecular weight is 357 g/mol. The van der Waals surface area contributed by atoms with Crippen LogP contribution in [0.2, 0.25) is 0 Å². The van der Waals surface area contributed by atoms with Gasteiger partial charge in [0.1, 0.15) is 5.75 Å². The van der Waals surface area contributed by atoms with Crippen LogP contribution < -0.4 is 4.74 Å². The number of para-hydroxylation sites is 1. The molecule has 0 aliphatic carbocycles. The van der Waals surface area contributed by atoms with Crippen LogP contribution in [0.4, 0.5) is 0 Å². The van der Waals surface area contributed by atoms with Gasteiger partial charge in [0, 0.05) is 18.0 Å². The summed E-state index contributed by atoms with van der Waals surface area (Å²) >= 11 is 0. The Balaban J connectivity index is 1.53. The maximum atomic E-state index is 6.40. The summed E-state index contributed by atoms with van der Waals surface area (Å²) in [6, 6.07) is 29.8. The lowest BCUT2D eigenvalue weighted by molar-refractivity contribution is 0.130. The molecule has 1 saturated heterocycles. The van der Waals surface area contributed by atoms with Gasteiger partial charge < -0.3 is 9.64 Å². The number of likely N-dealkylation sites (tertiary alicyclic amines) is 1. The van der Waals surface area contributed by atoms with E-state index in [1.54, 1.807) is 0 Å². The minimum atomic E-state index is 0.495. The molecule has 3 aromatic carbocycles. The van der Waals surface area contributed by atoms with Gasteiger partial charge in [-0.15, -0.1) is 0 Å². The maximum absolute atomic E-state index is 6.40. The summed E-state index contributed by atoms with van der Waals surface area (Å²) in [7, 11) is 2.21. The Hall–Kier alpha value is -2.58. The van der Waals surface area contributed by atoms with Crippen molar-refractivity contribution in [1.29, 1.82) is 0 Å². The Morgan fingerprint density at radius 2 is 1.52 bits per heavy atom. The number of hydrogen-bond donors (Lipinski definition) is 0. The summed E-state index contributed by atoms with van der Waals surface area (Å²) < 4.78 is 6.40. The molecule has 3 aromatic rings. The Bertz CT molecular complexity index is 846. The van der Waals surface area contributed by atoms with Crippen molar-refractivity contribution in [1.82, 2.24) is 4.90 Å². The van der Waals surface area contributed by atoms with Crippen LogP contribution in [-0.2, 0) is 0 Å². The quantitative estimate of drug-likeness (QED) is 0.600. The van der Waals surface area contributed by atoms with E-state index in [0.717, 1.165) is 25.4 Å². The minimum Gasteiger partial charge on any atom is -0.493 e. The van der Waals surface area contributed by atoms with Crippen LogP contribution in [-0.4, -0.2) is 31.6 Å². The van der Waals surface area contributed by atoms with Gasteiger partial charge in [0.2, 0.25) is 0 Å². The largest absolute Gasteiger partial charge is 0.493 e. The highest BCUT2D eigenvalue weighted by molar-refractivity contribution is 5.70. The van der Waals surface area contributed by atoms with E-state index in [1.165, 1.54) is 23.1 Å². The van der Waals surface area contributed by atoms with Crippen LogP contribution in [0.25, 0.3) is 11.1 Å². The van der Waals surface area contributed by atoms with Gasteiger partial charge in [0.05, 0.1) is 6.61 Å². The molecule has 27 heavy (non-hydrogen) atoms. The molecule has 2 heteroatoms. The summed E-state index contributed by atoms with van der Waals surface area (Å²) in [4.78, 5) is 2.43. The smallest absolute Gasteiger partial charge is 0.127 e. The summed E-state index contributed by atoms with van der Waals surface area (Å²) in [5.74, 6) is 2.03. The highest BCUT2D eigenvalue weighted by Gasteiger charge is 2.29. The van der Waals surface area contributed by atoms with Gasteiger partial charge in [-0.1, -0.05) is 78.9 Å². The summed E-state index contributed by atoms with van der Waals surface area (Å²) in [5.41, 5.74) is 3.81. The number of benzene rings is 3. The Kier molecular flexibility index (Phi) is 5.55. The summed E-state index contributed by atoms with van der Waals surface area (Å²) in [6.07, 6.45) is 1.19. The number of rotatable bonds is 5. The molecule has 4 rings (SSSR count). The molecule has 0 radical (unpaired) electrons. The van der Waals surface area contributed by atoms with E-state index in [-0.39, 0.29) is 0 Å². The third-order valence-corrected chi connectivity index (χ3v) is 5.59. The monoisotopic (exact) mass is 357 g/mol. The van der Waals surface area contributed by atoms with E-state index in [1.807, 2.05) is 0 Å². The molecule has 2 unspecified atom stereocenters. The molecule has 0 saturated carbocycles. The topological polar surface area (TPSA) is 12.5 Å². The lowest BCUT2D eigenvalue weighted by Crippen LogP contribution is -2.39. The Morgan fingerprint density at radius 3 is 2.30 bits per heavy atom. The molecule has 2 nitrogen and oxygen atoms in total. The summed E-state index contributed by atoms with van der Waals surface area (Å²) in [5, 5.41) is 0. The van der Waals surface area contributed by atoms with E-state index in [4.69, 9.17) is 4.74 Å². The highest BCUT2D eigenvalue weighted by Crippen LogP contribution is 2.35. The molecule has 0 bridgehead atoms. The van der Waals surface area contributed by atoms with Crippen LogP contribution in [0, 0.1) is 5.92 Å². The van der Waals surface area contributed by atoms with Gasteiger partial charge in [0.25, 0.3) is 0 Å². The zero-order valence-electron chi connectivity index (χ0n) is 15.9. The SMILES string of the molecule is CN1CCC(c2ccccc2)C(COc2ccccc2-c2ccccc2)C1. The predicted octanol–water partition coefficient (Wildman–Crippen LogP) is 5.47. The first-order chi connectivity index (χ1) is 13.3. The lowest BCUT2D eigenvalue weighted by Gasteiger charge is -2.37. The fourth-order valence-electron chi connectivity index (χ4n) is 4.17. The van der Waals surface area contributed by atoms with Crippen molar-refractivity contribution in [3.63, 3.8) is 0 Å². The van der Waals surface area contributed by atoms with E-state index in [9.17, 15) is 0 Å². The van der Waals surface area contributed by atoms with Crippen LogP contribution in [0.1, 0.15) is 17.9 Å². The first-order valence-electron chi connectivity index (χ1n) is 9.82. The van der Waals surface area contributed by atoms with Crippen molar-refractivity contribution in [2.75, 3.05) is 26.7 Å². The van der Waals surface area contributed by atoms with Crippen LogP contribution in [0.15, 0.2) is 84.9 Å². The second kappa shape index (κ2) is 8.41. The van der Waals surface area contributed by atoms with Crippen molar-refractivity contribution < 1.29 is 4.74 Å². The lowest BCUT2D eigenvalue weighted by atomic mass is 9.81. The molecule has 2 atom stereocenters. The van der Waals surface area contributed by atoms with Gasteiger partial charge in [-0.3, -0.25) is 0 Å². The van der Waals surface area contributed by atoms with E-state index >= 15 is 0 Å². The van der Waals surface area contributed by atoms with Crippen molar-refractivity contribution in [2.45, 2.75) is 12.3 Å². The van der Waals surface area contributed by atoms with Crippen molar-refractivity contribution in [2.24, 2.45) is 5.92 Å². The molecule has 0 amide bonds. The normalized spacial score (nSPS) is 20.3. The zero-order valence-corrected chi connectivity index (χ0v) is 15.9. The average Bonchev–Trinajstić information content (AvgIpc) is 2.74. The van der Waals surface area contributed by atoms with Gasteiger partial charge >= 0.3 is 0 Å². The van der Waals surface area contributed by atoms with E-state index in [0.29, 0.717) is 11.8 Å². The molecule has 0 spiro atoms. The van der Waals surface area contributed by atoms with Crippen molar-refractivity contribution >= 4 is 0 Å². The minimum absolute atomic E-state index is 0.495. The standard InChI is InChI=1S/C25H27NO/c1-26-17-16-23(20-10-4-2-5-11-20)22(18-26)19-27-25-15-9-8-14-24(25)21-12-6-3-7-13-21/h2-15,22-23H,16-19H2,1H3. The fourth-order valence-corrected chi connectivity index (χ4v) is 4.17. The third-order valence-electron chi connectivity index (χ3n) is 5.59. The van der Waals surface area contributed by atoms with Gasteiger partial charge in [-0.25, -0.2) is 0 Å². The first-order valence-corrected chi connectivity index (χ1v) is 9.82. The Morgan fingerprint density at radius 1 is 0.852 bits per heavy atom. The number of piperidine rings is 1. The van der Waals surface area contributed by atoms with Crippen LogP contribution in [0.5, 0.6) is 5.75 Å². The number of nitrogens with zero attached hydrogens (tertiary/aromatic N) is 1. The maximum Gasteiger partial charge on any atom is 0.127 e. The summed E-state index contributed by atoms with van der Waals surface area (Å²) in [6.45, 7) is 2.97. The highest BCUT2D eigenvalue weighted by atomic mass is 16.5. The molecule has 0 aromatic heterocycles. The number of ether oxygens (including phenoxy) is 1. The first kappa shape index (κ1) is 17.8. The molecule has 1 aliphatic heterocycles.